The molecule has 0 heterocycles. The van der Waals surface area contributed by atoms with Crippen molar-refractivity contribution in [3.05, 3.63) is 35.4 Å². The van der Waals surface area contributed by atoms with Crippen LogP contribution in [0.2, 0.25) is 0 Å². The molecule has 24 heavy (non-hydrogen) atoms. The molecule has 1 atom stereocenters. The summed E-state index contributed by atoms with van der Waals surface area (Å²) < 4.78 is 19.7. The van der Waals surface area contributed by atoms with E-state index in [1.165, 1.54) is 7.11 Å². The fraction of sp³-hybridized carbons (Fsp3) is 0.556. The predicted octanol–water partition coefficient (Wildman–Crippen LogP) is 3.61. The van der Waals surface area contributed by atoms with E-state index < -0.39 is 7.29 Å². The van der Waals surface area contributed by atoms with Gasteiger partial charge in [-0.05, 0) is 32.4 Å². The second kappa shape index (κ2) is 9.75. The van der Waals surface area contributed by atoms with Crippen molar-refractivity contribution in [2.24, 2.45) is 0 Å². The maximum atomic E-state index is 13.2. The topological polar surface area (TPSA) is 63.7 Å². The van der Waals surface area contributed by atoms with E-state index in [9.17, 15) is 14.2 Å². The Balaban J connectivity index is 2.67. The molecule has 134 valence electrons. The van der Waals surface area contributed by atoms with E-state index in [-0.39, 0.29) is 18.2 Å². The van der Waals surface area contributed by atoms with Crippen LogP contribution in [0, 0.1) is 0 Å². The zero-order valence-electron chi connectivity index (χ0n) is 15.1. The molecule has 0 spiro atoms. The number of hydrogen-bond acceptors (Lipinski definition) is 4. The summed E-state index contributed by atoms with van der Waals surface area (Å²) in [5.41, 5.74) is 1.80. The van der Waals surface area contributed by atoms with Crippen molar-refractivity contribution in [2.75, 3.05) is 33.0 Å². The molecular formula is C18H28NO4P. The lowest BCUT2D eigenvalue weighted by molar-refractivity contribution is -0.140. The van der Waals surface area contributed by atoms with Gasteiger partial charge in [-0.1, -0.05) is 31.2 Å². The van der Waals surface area contributed by atoms with Crippen LogP contribution in [-0.2, 0) is 20.5 Å². The lowest BCUT2D eigenvalue weighted by atomic mass is 10.1. The van der Waals surface area contributed by atoms with Crippen LogP contribution in [0.4, 0.5) is 0 Å². The van der Waals surface area contributed by atoms with E-state index in [1.54, 1.807) is 6.92 Å². The average Bonchev–Trinajstić information content (AvgIpc) is 2.58. The van der Waals surface area contributed by atoms with Crippen LogP contribution in [0.15, 0.2) is 24.3 Å². The van der Waals surface area contributed by atoms with Gasteiger partial charge >= 0.3 is 5.97 Å². The zero-order valence-corrected chi connectivity index (χ0v) is 16.0. The first-order valence-corrected chi connectivity index (χ1v) is 10.3. The summed E-state index contributed by atoms with van der Waals surface area (Å²) in [7, 11) is 0.646. The number of benzene rings is 1. The molecule has 1 rings (SSSR count). The van der Waals surface area contributed by atoms with Gasteiger partial charge in [-0.25, -0.2) is 0 Å². The van der Waals surface area contributed by atoms with Crippen molar-refractivity contribution in [3.63, 3.8) is 0 Å². The molecule has 0 amide bonds. The summed E-state index contributed by atoms with van der Waals surface area (Å²) in [5, 5.41) is 0. The summed E-state index contributed by atoms with van der Waals surface area (Å²) in [6.45, 7) is 4.20. The van der Waals surface area contributed by atoms with E-state index in [4.69, 9.17) is 0 Å². The molecular weight excluding hydrogens is 325 g/mol. The Morgan fingerprint density at radius 1 is 1.17 bits per heavy atom. The van der Waals surface area contributed by atoms with Crippen molar-refractivity contribution in [3.8, 4) is 0 Å². The van der Waals surface area contributed by atoms with Gasteiger partial charge in [-0.15, -0.1) is 0 Å². The van der Waals surface area contributed by atoms with E-state index in [0.717, 1.165) is 18.4 Å². The first-order valence-electron chi connectivity index (χ1n) is 8.28. The maximum Gasteiger partial charge on any atom is 0.306 e. The fourth-order valence-electron chi connectivity index (χ4n) is 2.55. The Morgan fingerprint density at radius 2 is 1.79 bits per heavy atom. The van der Waals surface area contributed by atoms with Gasteiger partial charge in [0.2, 0.25) is 0 Å². The third-order valence-electron chi connectivity index (χ3n) is 4.17. The van der Waals surface area contributed by atoms with Crippen LogP contribution in [0.25, 0.3) is 0 Å². The van der Waals surface area contributed by atoms with Crippen molar-refractivity contribution in [1.29, 1.82) is 0 Å². The van der Waals surface area contributed by atoms with Crippen molar-refractivity contribution in [2.45, 2.75) is 33.1 Å². The summed E-state index contributed by atoms with van der Waals surface area (Å²) in [6.07, 6.45) is 2.71. The number of Topliss-reactive ketones (excluding diaryl/α,β-unsaturated/α-hetero) is 1. The van der Waals surface area contributed by atoms with Gasteiger partial charge in [0.15, 0.2) is 13.1 Å². The minimum Gasteiger partial charge on any atom is -0.469 e. The third kappa shape index (κ3) is 6.21. The molecule has 1 unspecified atom stereocenters. The summed E-state index contributed by atoms with van der Waals surface area (Å²) in [6, 6.07) is 7.51. The van der Waals surface area contributed by atoms with E-state index in [1.807, 2.05) is 42.9 Å². The molecule has 0 aliphatic heterocycles. The smallest absolute Gasteiger partial charge is 0.306 e. The third-order valence-corrected chi connectivity index (χ3v) is 7.69. The molecule has 1 aromatic carbocycles. The lowest BCUT2D eigenvalue weighted by Gasteiger charge is -2.28. The van der Waals surface area contributed by atoms with Gasteiger partial charge in [-0.3, -0.25) is 14.3 Å². The Labute approximate surface area is 144 Å². The number of carbonyl (C=O) groups excluding carboxylic acids is 2. The number of likely N-dealkylation sites (N-methyl/N-ethyl adjacent to an activating group) is 1. The number of methoxy groups -OCH3 is 1. The molecule has 5 nitrogen and oxygen atoms in total. The Morgan fingerprint density at radius 3 is 2.29 bits per heavy atom. The number of rotatable bonds is 10. The maximum absolute atomic E-state index is 13.2. The summed E-state index contributed by atoms with van der Waals surface area (Å²) in [4.78, 5) is 22.7. The highest BCUT2D eigenvalue weighted by atomic mass is 31.2. The van der Waals surface area contributed by atoms with Gasteiger partial charge < -0.3 is 9.30 Å². The fourth-order valence-corrected chi connectivity index (χ4v) is 5.15. The predicted molar refractivity (Wildman–Crippen MR) is 97.0 cm³/mol. The summed E-state index contributed by atoms with van der Waals surface area (Å²) in [5.74, 6) is -0.270. The normalized spacial score (nSPS) is 13.5. The molecule has 1 aromatic rings. The van der Waals surface area contributed by atoms with Crippen molar-refractivity contribution >= 4 is 19.0 Å². The molecule has 0 aliphatic rings. The number of esters is 1. The standard InChI is InChI=1S/C18H28NO4P/c1-5-13-24(22,14-11-18(21)23-4)19(3)12-10-16-6-8-17(9-7-16)15(2)20/h6-9H,5,10-14H2,1-4H3. The minimum atomic E-state index is -2.56. The average molecular weight is 353 g/mol. The lowest BCUT2D eigenvalue weighted by Crippen LogP contribution is -2.23. The Hall–Kier alpha value is -1.45. The van der Waals surface area contributed by atoms with E-state index in [2.05, 4.69) is 4.74 Å². The number of ether oxygens (including phenoxy) is 1. The number of hydrogen-bond donors (Lipinski definition) is 0. The second-order valence-electron chi connectivity index (χ2n) is 6.00. The highest BCUT2D eigenvalue weighted by Crippen LogP contribution is 2.49. The molecule has 0 aliphatic carbocycles. The van der Waals surface area contributed by atoms with Crippen LogP contribution in [0.5, 0.6) is 0 Å². The molecule has 0 fully saturated rings. The molecule has 0 saturated carbocycles. The highest BCUT2D eigenvalue weighted by molar-refractivity contribution is 7.61. The highest BCUT2D eigenvalue weighted by Gasteiger charge is 2.27. The van der Waals surface area contributed by atoms with Crippen LogP contribution < -0.4 is 0 Å². The minimum absolute atomic E-state index is 0.0499. The van der Waals surface area contributed by atoms with Crippen LogP contribution >= 0.6 is 7.29 Å². The number of ketones is 1. The van der Waals surface area contributed by atoms with Gasteiger partial charge in [0.1, 0.15) is 0 Å². The first-order chi connectivity index (χ1) is 11.3. The van der Waals surface area contributed by atoms with E-state index in [0.29, 0.717) is 24.4 Å². The zero-order chi connectivity index (χ0) is 18.2. The quantitative estimate of drug-likeness (QED) is 0.365. The molecule has 0 saturated heterocycles. The second-order valence-corrected chi connectivity index (χ2v) is 9.27. The van der Waals surface area contributed by atoms with Gasteiger partial charge in [0.25, 0.3) is 0 Å². The number of nitrogens with zero attached hydrogens (tertiary/aromatic N) is 1. The molecule has 0 radical (unpaired) electrons. The first kappa shape index (κ1) is 20.6. The molecule has 0 bridgehead atoms. The monoisotopic (exact) mass is 353 g/mol. The van der Waals surface area contributed by atoms with Crippen LogP contribution in [0.3, 0.4) is 0 Å². The number of carbonyl (C=O) groups is 2. The molecule has 6 heteroatoms. The van der Waals surface area contributed by atoms with Crippen molar-refractivity contribution in [1.82, 2.24) is 4.67 Å². The van der Waals surface area contributed by atoms with Crippen LogP contribution in [0.1, 0.15) is 42.6 Å². The Bertz CT molecular complexity index is 598. The molecule has 0 aromatic heterocycles. The largest absolute Gasteiger partial charge is 0.469 e. The van der Waals surface area contributed by atoms with E-state index >= 15 is 0 Å². The van der Waals surface area contributed by atoms with Crippen LogP contribution in [-0.4, -0.2) is 49.4 Å². The van der Waals surface area contributed by atoms with Gasteiger partial charge in [-0.2, -0.15) is 0 Å². The van der Waals surface area contributed by atoms with Gasteiger partial charge in [0.05, 0.1) is 13.5 Å². The van der Waals surface area contributed by atoms with Gasteiger partial charge in [0, 0.05) is 24.4 Å². The molecule has 0 N–H and O–H groups in total. The Kier molecular flexibility index (Phi) is 8.37. The van der Waals surface area contributed by atoms with Crippen molar-refractivity contribution < 1.29 is 18.9 Å². The summed E-state index contributed by atoms with van der Waals surface area (Å²) >= 11 is 0. The SMILES string of the molecule is CCCP(=O)(CCC(=O)OC)N(C)CCc1ccc(C(C)=O)cc1.